The Balaban J connectivity index is 1.90. The largest absolute Gasteiger partial charge is 0.348 e. The van der Waals surface area contributed by atoms with Crippen molar-refractivity contribution in [2.45, 2.75) is 59.0 Å². The summed E-state index contributed by atoms with van der Waals surface area (Å²) in [5.41, 5.74) is 4.52. The van der Waals surface area contributed by atoms with Gasteiger partial charge in [0, 0.05) is 24.5 Å². The number of nitrogens with one attached hydrogen (secondary N) is 1. The van der Waals surface area contributed by atoms with Gasteiger partial charge in [0.1, 0.15) is 0 Å². The number of halogens is 2. The first kappa shape index (κ1) is 22.7. The van der Waals surface area contributed by atoms with Crippen molar-refractivity contribution in [3.05, 3.63) is 94.3 Å². The number of carbonyl (C=O) groups is 1. The third kappa shape index (κ3) is 5.60. The van der Waals surface area contributed by atoms with Crippen molar-refractivity contribution in [2.75, 3.05) is 0 Å². The molecule has 3 nitrogen and oxygen atoms in total. The maximum absolute atomic E-state index is 13.5. The third-order valence-corrected chi connectivity index (χ3v) is 5.46. The molecule has 0 saturated carbocycles. The van der Waals surface area contributed by atoms with Crippen LogP contribution < -0.4 is 5.32 Å². The van der Waals surface area contributed by atoms with E-state index in [-0.39, 0.29) is 18.4 Å². The van der Waals surface area contributed by atoms with Crippen LogP contribution in [0.25, 0.3) is 0 Å². The Bertz CT molecular complexity index is 1030. The summed E-state index contributed by atoms with van der Waals surface area (Å²) < 4.78 is 28.9. The molecule has 0 radical (unpaired) electrons. The summed E-state index contributed by atoms with van der Waals surface area (Å²) in [7, 11) is 0. The van der Waals surface area contributed by atoms with Gasteiger partial charge in [0.2, 0.25) is 0 Å². The molecule has 1 amide bonds. The van der Waals surface area contributed by atoms with Crippen LogP contribution in [0.5, 0.6) is 0 Å². The highest BCUT2D eigenvalue weighted by Crippen LogP contribution is 2.26. The standard InChI is InChI=1S/C26H30F2N2O/c1-4-5-11-24-21(26(31)29-16-20-12-13-22(27)23(28)14-20)15-25(18(2)3)30(24)17-19-9-7-6-8-10-19/h6-10,12-15,18H,4-5,11,16-17H2,1-3H3,(H,29,31). The fraction of sp³-hybridized carbons (Fsp3) is 0.346. The first-order valence-corrected chi connectivity index (χ1v) is 10.9. The number of benzene rings is 2. The molecule has 1 N–H and O–H groups in total. The normalized spacial score (nSPS) is 11.2. The minimum Gasteiger partial charge on any atom is -0.348 e. The molecule has 3 aromatic rings. The van der Waals surface area contributed by atoms with Crippen LogP contribution in [0.2, 0.25) is 0 Å². The highest BCUT2D eigenvalue weighted by atomic mass is 19.2. The molecule has 0 fully saturated rings. The van der Waals surface area contributed by atoms with Gasteiger partial charge in [0.25, 0.3) is 5.91 Å². The number of unbranched alkanes of at least 4 members (excludes halogenated alkanes) is 1. The fourth-order valence-corrected chi connectivity index (χ4v) is 3.78. The molecule has 3 rings (SSSR count). The number of amides is 1. The topological polar surface area (TPSA) is 34.0 Å². The SMILES string of the molecule is CCCCc1c(C(=O)NCc2ccc(F)c(F)c2)cc(C(C)C)n1Cc1ccccc1. The van der Waals surface area contributed by atoms with Gasteiger partial charge in [0.05, 0.1) is 5.56 Å². The van der Waals surface area contributed by atoms with Crippen LogP contribution in [0, 0.1) is 11.6 Å². The zero-order chi connectivity index (χ0) is 22.4. The van der Waals surface area contributed by atoms with Crippen LogP contribution in [-0.4, -0.2) is 10.5 Å². The fourth-order valence-electron chi connectivity index (χ4n) is 3.78. The minimum absolute atomic E-state index is 0.143. The van der Waals surface area contributed by atoms with Gasteiger partial charge >= 0.3 is 0 Å². The van der Waals surface area contributed by atoms with Crippen molar-refractivity contribution < 1.29 is 13.6 Å². The van der Waals surface area contributed by atoms with Crippen molar-refractivity contribution in [3.8, 4) is 0 Å². The van der Waals surface area contributed by atoms with E-state index < -0.39 is 11.6 Å². The van der Waals surface area contributed by atoms with Crippen molar-refractivity contribution in [3.63, 3.8) is 0 Å². The summed E-state index contributed by atoms with van der Waals surface area (Å²) in [5.74, 6) is -1.73. The van der Waals surface area contributed by atoms with E-state index in [2.05, 4.69) is 42.8 Å². The number of hydrogen-bond acceptors (Lipinski definition) is 1. The van der Waals surface area contributed by atoms with Crippen LogP contribution in [0.4, 0.5) is 8.78 Å². The van der Waals surface area contributed by atoms with E-state index in [4.69, 9.17) is 0 Å². The van der Waals surface area contributed by atoms with Gasteiger partial charge in [-0.15, -0.1) is 0 Å². The van der Waals surface area contributed by atoms with Gasteiger partial charge < -0.3 is 9.88 Å². The van der Waals surface area contributed by atoms with E-state index in [0.717, 1.165) is 42.8 Å². The molecule has 0 aliphatic rings. The monoisotopic (exact) mass is 424 g/mol. The van der Waals surface area contributed by atoms with Crippen molar-refractivity contribution >= 4 is 5.91 Å². The molecular formula is C26H30F2N2O. The molecule has 0 saturated heterocycles. The molecule has 0 aliphatic carbocycles. The average molecular weight is 425 g/mol. The van der Waals surface area contributed by atoms with Crippen molar-refractivity contribution in [1.29, 1.82) is 0 Å². The number of aromatic nitrogens is 1. The predicted molar refractivity (Wildman–Crippen MR) is 120 cm³/mol. The quantitative estimate of drug-likeness (QED) is 0.435. The summed E-state index contributed by atoms with van der Waals surface area (Å²) in [4.78, 5) is 13.1. The molecule has 31 heavy (non-hydrogen) atoms. The lowest BCUT2D eigenvalue weighted by Gasteiger charge is -2.16. The highest BCUT2D eigenvalue weighted by molar-refractivity contribution is 5.95. The molecule has 2 aromatic carbocycles. The van der Waals surface area contributed by atoms with E-state index in [1.807, 2.05) is 24.3 Å². The Morgan fingerprint density at radius 3 is 2.39 bits per heavy atom. The number of nitrogens with zero attached hydrogens (tertiary/aromatic N) is 1. The van der Waals surface area contributed by atoms with Gasteiger partial charge in [-0.1, -0.05) is 63.6 Å². The molecule has 0 aliphatic heterocycles. The Morgan fingerprint density at radius 2 is 1.74 bits per heavy atom. The molecule has 5 heteroatoms. The molecule has 0 spiro atoms. The van der Waals surface area contributed by atoms with E-state index >= 15 is 0 Å². The van der Waals surface area contributed by atoms with Gasteiger partial charge in [-0.3, -0.25) is 4.79 Å². The molecular weight excluding hydrogens is 394 g/mol. The molecule has 1 aromatic heterocycles. The zero-order valence-corrected chi connectivity index (χ0v) is 18.4. The van der Waals surface area contributed by atoms with Gasteiger partial charge in [-0.25, -0.2) is 8.78 Å². The van der Waals surface area contributed by atoms with E-state index in [1.165, 1.54) is 11.6 Å². The molecule has 1 heterocycles. The number of rotatable bonds is 9. The summed E-state index contributed by atoms with van der Waals surface area (Å²) in [6, 6.07) is 15.9. The minimum atomic E-state index is -0.911. The Morgan fingerprint density at radius 1 is 1.00 bits per heavy atom. The van der Waals surface area contributed by atoms with Gasteiger partial charge in [-0.05, 0) is 48.1 Å². The van der Waals surface area contributed by atoms with E-state index in [1.54, 1.807) is 0 Å². The lowest BCUT2D eigenvalue weighted by atomic mass is 10.1. The predicted octanol–water partition coefficient (Wildman–Crippen LogP) is 6.21. The molecule has 0 unspecified atom stereocenters. The first-order valence-electron chi connectivity index (χ1n) is 10.9. The maximum atomic E-state index is 13.5. The Hall–Kier alpha value is -2.95. The third-order valence-electron chi connectivity index (χ3n) is 5.46. The van der Waals surface area contributed by atoms with Crippen LogP contribution >= 0.6 is 0 Å². The van der Waals surface area contributed by atoms with Crippen LogP contribution in [0.1, 0.15) is 72.4 Å². The highest BCUT2D eigenvalue weighted by Gasteiger charge is 2.21. The van der Waals surface area contributed by atoms with Crippen LogP contribution in [0.3, 0.4) is 0 Å². The van der Waals surface area contributed by atoms with Gasteiger partial charge in [-0.2, -0.15) is 0 Å². The number of hydrogen-bond donors (Lipinski definition) is 1. The number of carbonyl (C=O) groups excluding carboxylic acids is 1. The second-order valence-corrected chi connectivity index (χ2v) is 8.19. The van der Waals surface area contributed by atoms with Crippen molar-refractivity contribution in [2.24, 2.45) is 0 Å². The lowest BCUT2D eigenvalue weighted by molar-refractivity contribution is 0.0949. The lowest BCUT2D eigenvalue weighted by Crippen LogP contribution is -2.24. The van der Waals surface area contributed by atoms with Crippen LogP contribution in [-0.2, 0) is 19.5 Å². The van der Waals surface area contributed by atoms with E-state index in [0.29, 0.717) is 17.7 Å². The van der Waals surface area contributed by atoms with Crippen molar-refractivity contribution in [1.82, 2.24) is 9.88 Å². The second-order valence-electron chi connectivity index (χ2n) is 8.19. The Kier molecular flexibility index (Phi) is 7.61. The summed E-state index contributed by atoms with van der Waals surface area (Å²) in [6.45, 7) is 7.25. The summed E-state index contributed by atoms with van der Waals surface area (Å²) in [6.07, 6.45) is 2.83. The Labute approximate surface area is 183 Å². The zero-order valence-electron chi connectivity index (χ0n) is 18.4. The van der Waals surface area contributed by atoms with Gasteiger partial charge in [0.15, 0.2) is 11.6 Å². The smallest absolute Gasteiger partial charge is 0.253 e. The van der Waals surface area contributed by atoms with Crippen LogP contribution in [0.15, 0.2) is 54.6 Å². The molecule has 0 bridgehead atoms. The summed E-state index contributed by atoms with van der Waals surface area (Å²) in [5, 5.41) is 2.88. The second kappa shape index (κ2) is 10.4. The van der Waals surface area contributed by atoms with E-state index in [9.17, 15) is 13.6 Å². The molecule has 164 valence electrons. The average Bonchev–Trinajstić information content (AvgIpc) is 3.12. The summed E-state index contributed by atoms with van der Waals surface area (Å²) >= 11 is 0. The molecule has 0 atom stereocenters. The maximum Gasteiger partial charge on any atom is 0.253 e. The first-order chi connectivity index (χ1) is 14.9.